The minimum absolute atomic E-state index is 0. The van der Waals surface area contributed by atoms with Crippen LogP contribution in [-0.2, 0) is 11.3 Å². The molecule has 0 radical (unpaired) electrons. The van der Waals surface area contributed by atoms with Crippen molar-refractivity contribution in [3.8, 4) is 11.3 Å². The molecule has 132 valence electrons. The van der Waals surface area contributed by atoms with Gasteiger partial charge < -0.3 is 19.8 Å². The molecule has 0 bridgehead atoms. The van der Waals surface area contributed by atoms with Crippen molar-refractivity contribution in [3.05, 3.63) is 46.6 Å². The van der Waals surface area contributed by atoms with Crippen LogP contribution in [0.25, 0.3) is 11.3 Å². The van der Waals surface area contributed by atoms with Crippen molar-refractivity contribution < 1.29 is 9.15 Å². The zero-order chi connectivity index (χ0) is 16.5. The van der Waals surface area contributed by atoms with Gasteiger partial charge in [0.25, 0.3) is 0 Å². The van der Waals surface area contributed by atoms with E-state index in [1.165, 1.54) is 0 Å². The van der Waals surface area contributed by atoms with E-state index in [9.17, 15) is 0 Å². The second-order valence-corrected chi connectivity index (χ2v) is 5.74. The number of guanidine groups is 1. The molecule has 0 fully saturated rings. The zero-order valence-electron chi connectivity index (χ0n) is 13.8. The minimum atomic E-state index is 0. The quantitative estimate of drug-likeness (QED) is 0.257. The summed E-state index contributed by atoms with van der Waals surface area (Å²) in [6.45, 7) is 4.65. The molecular formula is C17H23BrIN3O2. The molecule has 24 heavy (non-hydrogen) atoms. The van der Waals surface area contributed by atoms with Gasteiger partial charge in [-0.15, -0.1) is 24.0 Å². The largest absolute Gasteiger partial charge is 0.459 e. The molecule has 2 N–H and O–H groups in total. The van der Waals surface area contributed by atoms with Crippen molar-refractivity contribution >= 4 is 45.9 Å². The van der Waals surface area contributed by atoms with Crippen molar-refractivity contribution in [1.29, 1.82) is 0 Å². The number of nitrogens with zero attached hydrogens (tertiary/aromatic N) is 1. The third kappa shape index (κ3) is 6.82. The summed E-state index contributed by atoms with van der Waals surface area (Å²) in [7, 11) is 1.74. The molecule has 2 aromatic rings. The van der Waals surface area contributed by atoms with E-state index < -0.39 is 0 Å². The second kappa shape index (κ2) is 11.5. The predicted molar refractivity (Wildman–Crippen MR) is 112 cm³/mol. The second-order valence-electron chi connectivity index (χ2n) is 4.82. The number of ether oxygens (including phenoxy) is 1. The third-order valence-electron chi connectivity index (χ3n) is 3.19. The van der Waals surface area contributed by atoms with Crippen LogP contribution in [-0.4, -0.2) is 32.8 Å². The number of rotatable bonds is 7. The standard InChI is InChI=1S/C17H22BrN3O2.HI/c1-3-22-11-10-20-17(19-2)21-12-15-8-9-16(23-15)13-4-6-14(18)7-5-13;/h4-9H,3,10-12H2,1-2H3,(H2,19,20,21);1H. The topological polar surface area (TPSA) is 58.8 Å². The summed E-state index contributed by atoms with van der Waals surface area (Å²) in [5.41, 5.74) is 1.05. The van der Waals surface area contributed by atoms with Gasteiger partial charge in [-0.25, -0.2) is 0 Å². The van der Waals surface area contributed by atoms with Gasteiger partial charge in [0.15, 0.2) is 5.96 Å². The highest BCUT2D eigenvalue weighted by molar-refractivity contribution is 14.0. The van der Waals surface area contributed by atoms with Crippen molar-refractivity contribution in [2.45, 2.75) is 13.5 Å². The van der Waals surface area contributed by atoms with Gasteiger partial charge in [-0.2, -0.15) is 0 Å². The van der Waals surface area contributed by atoms with Gasteiger partial charge in [-0.1, -0.05) is 28.1 Å². The van der Waals surface area contributed by atoms with Crippen LogP contribution in [0, 0.1) is 0 Å². The Hall–Kier alpha value is -1.06. The summed E-state index contributed by atoms with van der Waals surface area (Å²) in [6.07, 6.45) is 0. The molecule has 0 saturated carbocycles. The molecular weight excluding hydrogens is 485 g/mol. The smallest absolute Gasteiger partial charge is 0.191 e. The monoisotopic (exact) mass is 507 g/mol. The minimum Gasteiger partial charge on any atom is -0.459 e. The van der Waals surface area contributed by atoms with Crippen LogP contribution in [0.5, 0.6) is 0 Å². The summed E-state index contributed by atoms with van der Waals surface area (Å²) in [4.78, 5) is 4.17. The van der Waals surface area contributed by atoms with Gasteiger partial charge in [0.1, 0.15) is 11.5 Å². The molecule has 0 aliphatic heterocycles. The first kappa shape index (κ1) is 21.0. The Bertz CT molecular complexity index is 629. The summed E-state index contributed by atoms with van der Waals surface area (Å²) in [6, 6.07) is 12.0. The van der Waals surface area contributed by atoms with Crippen LogP contribution < -0.4 is 10.6 Å². The van der Waals surface area contributed by atoms with Crippen molar-refractivity contribution in [2.24, 2.45) is 4.99 Å². The van der Waals surface area contributed by atoms with E-state index in [1.807, 2.05) is 43.3 Å². The maximum atomic E-state index is 5.86. The Morgan fingerprint density at radius 3 is 2.58 bits per heavy atom. The lowest BCUT2D eigenvalue weighted by Crippen LogP contribution is -2.38. The first-order valence-corrected chi connectivity index (χ1v) is 8.39. The Kier molecular flexibility index (Phi) is 10.0. The molecule has 0 aliphatic carbocycles. The maximum absolute atomic E-state index is 5.86. The lowest BCUT2D eigenvalue weighted by molar-refractivity contribution is 0.152. The number of benzene rings is 1. The highest BCUT2D eigenvalue weighted by Gasteiger charge is 2.05. The molecule has 1 aromatic heterocycles. The van der Waals surface area contributed by atoms with E-state index in [1.54, 1.807) is 7.05 Å². The average molecular weight is 508 g/mol. The van der Waals surface area contributed by atoms with E-state index in [0.29, 0.717) is 13.2 Å². The van der Waals surface area contributed by atoms with Gasteiger partial charge in [0.2, 0.25) is 0 Å². The predicted octanol–water partition coefficient (Wildman–Crippen LogP) is 4.03. The first-order chi connectivity index (χ1) is 11.2. The number of furan rings is 1. The van der Waals surface area contributed by atoms with Crippen LogP contribution >= 0.6 is 39.9 Å². The van der Waals surface area contributed by atoms with Gasteiger partial charge in [-0.3, -0.25) is 4.99 Å². The number of aliphatic imine (C=N–C) groups is 1. The zero-order valence-corrected chi connectivity index (χ0v) is 17.8. The SMILES string of the molecule is CCOCCNC(=NC)NCc1ccc(-c2ccc(Br)cc2)o1.I. The number of halogens is 2. The molecule has 0 atom stereocenters. The number of hydrogen-bond acceptors (Lipinski definition) is 3. The Balaban J connectivity index is 0.00000288. The summed E-state index contributed by atoms with van der Waals surface area (Å²) < 4.78 is 12.2. The van der Waals surface area contributed by atoms with E-state index in [2.05, 4.69) is 31.6 Å². The van der Waals surface area contributed by atoms with Crippen LogP contribution in [0.3, 0.4) is 0 Å². The summed E-state index contributed by atoms with van der Waals surface area (Å²) in [5.74, 6) is 2.44. The normalized spacial score (nSPS) is 11.0. The van der Waals surface area contributed by atoms with Gasteiger partial charge in [-0.05, 0) is 31.2 Å². The van der Waals surface area contributed by atoms with E-state index >= 15 is 0 Å². The average Bonchev–Trinajstić information content (AvgIpc) is 3.04. The number of hydrogen-bond donors (Lipinski definition) is 2. The molecule has 1 aromatic carbocycles. The van der Waals surface area contributed by atoms with E-state index in [0.717, 1.165) is 40.7 Å². The molecule has 0 aliphatic rings. The third-order valence-corrected chi connectivity index (χ3v) is 3.72. The van der Waals surface area contributed by atoms with Crippen LogP contribution in [0.2, 0.25) is 0 Å². The Morgan fingerprint density at radius 1 is 1.17 bits per heavy atom. The summed E-state index contributed by atoms with van der Waals surface area (Å²) in [5, 5.41) is 6.40. The van der Waals surface area contributed by atoms with Crippen LogP contribution in [0.15, 0.2) is 50.3 Å². The lowest BCUT2D eigenvalue weighted by Gasteiger charge is -2.10. The molecule has 7 heteroatoms. The van der Waals surface area contributed by atoms with Crippen molar-refractivity contribution in [1.82, 2.24) is 10.6 Å². The Labute approximate surface area is 168 Å². The molecule has 0 spiro atoms. The Morgan fingerprint density at radius 2 is 1.92 bits per heavy atom. The number of nitrogens with one attached hydrogen (secondary N) is 2. The highest BCUT2D eigenvalue weighted by atomic mass is 127. The molecule has 1 heterocycles. The molecule has 0 unspecified atom stereocenters. The van der Waals surface area contributed by atoms with E-state index in [-0.39, 0.29) is 24.0 Å². The fourth-order valence-corrected chi connectivity index (χ4v) is 2.28. The fourth-order valence-electron chi connectivity index (χ4n) is 2.02. The molecule has 0 saturated heterocycles. The highest BCUT2D eigenvalue weighted by Crippen LogP contribution is 2.23. The molecule has 2 rings (SSSR count). The van der Waals surface area contributed by atoms with Crippen LogP contribution in [0.4, 0.5) is 0 Å². The van der Waals surface area contributed by atoms with Gasteiger partial charge in [0, 0.05) is 30.2 Å². The maximum Gasteiger partial charge on any atom is 0.191 e. The molecule has 5 nitrogen and oxygen atoms in total. The fraction of sp³-hybridized carbons (Fsp3) is 0.353. The van der Waals surface area contributed by atoms with E-state index in [4.69, 9.17) is 9.15 Å². The van der Waals surface area contributed by atoms with Gasteiger partial charge >= 0.3 is 0 Å². The molecule has 0 amide bonds. The first-order valence-electron chi connectivity index (χ1n) is 7.60. The van der Waals surface area contributed by atoms with Crippen molar-refractivity contribution in [2.75, 3.05) is 26.8 Å². The van der Waals surface area contributed by atoms with Crippen LogP contribution in [0.1, 0.15) is 12.7 Å². The van der Waals surface area contributed by atoms with Crippen molar-refractivity contribution in [3.63, 3.8) is 0 Å². The van der Waals surface area contributed by atoms with Gasteiger partial charge in [0.05, 0.1) is 13.2 Å². The summed E-state index contributed by atoms with van der Waals surface area (Å²) >= 11 is 3.43. The lowest BCUT2D eigenvalue weighted by atomic mass is 10.2.